The minimum absolute atomic E-state index is 0.518. The van der Waals surface area contributed by atoms with Crippen molar-refractivity contribution in [3.05, 3.63) is 0 Å². The molecule has 2 aliphatic rings. The van der Waals surface area contributed by atoms with Gasteiger partial charge in [-0.2, -0.15) is 0 Å². The molecule has 0 spiro atoms. The molecule has 0 radical (unpaired) electrons. The van der Waals surface area contributed by atoms with Gasteiger partial charge < -0.3 is 14.8 Å². The van der Waals surface area contributed by atoms with Crippen LogP contribution in [-0.4, -0.2) is 38.5 Å². The summed E-state index contributed by atoms with van der Waals surface area (Å²) in [6.07, 6.45) is 6.63. The minimum Gasteiger partial charge on any atom is -0.381 e. The highest BCUT2D eigenvalue weighted by molar-refractivity contribution is 4.79. The Kier molecular flexibility index (Phi) is 5.07. The molecule has 0 aliphatic carbocycles. The van der Waals surface area contributed by atoms with Crippen molar-refractivity contribution < 1.29 is 9.47 Å². The second-order valence-electron chi connectivity index (χ2n) is 5.02. The van der Waals surface area contributed by atoms with E-state index < -0.39 is 0 Å². The smallest absolute Gasteiger partial charge is 0.0588 e. The second kappa shape index (κ2) is 6.58. The van der Waals surface area contributed by atoms with Gasteiger partial charge in [0.15, 0.2) is 0 Å². The summed E-state index contributed by atoms with van der Waals surface area (Å²) < 4.78 is 11.1. The largest absolute Gasteiger partial charge is 0.381 e. The molecule has 0 aromatic carbocycles. The fraction of sp³-hybridized carbons (Fsp3) is 1.00. The van der Waals surface area contributed by atoms with E-state index in [1.54, 1.807) is 0 Å². The van der Waals surface area contributed by atoms with E-state index in [9.17, 15) is 0 Å². The van der Waals surface area contributed by atoms with Gasteiger partial charge in [0.25, 0.3) is 0 Å². The predicted octanol–water partition coefficient (Wildman–Crippen LogP) is 1.96. The summed E-state index contributed by atoms with van der Waals surface area (Å²) in [6, 6.07) is 0.643. The van der Waals surface area contributed by atoms with Crippen molar-refractivity contribution in [2.45, 2.75) is 51.2 Å². The summed E-state index contributed by atoms with van der Waals surface area (Å²) in [7, 11) is 0. The molecule has 2 saturated heterocycles. The third-order valence-corrected chi connectivity index (χ3v) is 3.87. The van der Waals surface area contributed by atoms with Crippen molar-refractivity contribution in [2.75, 3.05) is 26.4 Å². The van der Waals surface area contributed by atoms with Crippen LogP contribution in [0.2, 0.25) is 0 Å². The minimum atomic E-state index is 0.518. The van der Waals surface area contributed by atoms with Gasteiger partial charge in [-0.1, -0.05) is 6.92 Å². The molecule has 0 bridgehead atoms. The normalized spacial score (nSPS) is 32.1. The van der Waals surface area contributed by atoms with Crippen molar-refractivity contribution in [3.8, 4) is 0 Å². The quantitative estimate of drug-likeness (QED) is 0.752. The van der Waals surface area contributed by atoms with Gasteiger partial charge in [0.1, 0.15) is 0 Å². The Balaban J connectivity index is 1.62. The number of hydrogen-bond acceptors (Lipinski definition) is 3. The predicted molar refractivity (Wildman–Crippen MR) is 64.6 cm³/mol. The lowest BCUT2D eigenvalue weighted by atomic mass is 9.96. The first-order valence-corrected chi connectivity index (χ1v) is 6.83. The van der Waals surface area contributed by atoms with Gasteiger partial charge in [-0.15, -0.1) is 0 Å². The van der Waals surface area contributed by atoms with Crippen LogP contribution in [0.15, 0.2) is 0 Å². The number of rotatable bonds is 6. The lowest BCUT2D eigenvalue weighted by molar-refractivity contribution is 0.102. The molecule has 2 aliphatic heterocycles. The van der Waals surface area contributed by atoms with Gasteiger partial charge in [-0.05, 0) is 44.6 Å². The van der Waals surface area contributed by atoms with Crippen LogP contribution in [0.3, 0.4) is 0 Å². The number of ether oxygens (including phenoxy) is 2. The van der Waals surface area contributed by atoms with E-state index in [0.717, 1.165) is 32.3 Å². The van der Waals surface area contributed by atoms with Crippen LogP contribution in [0.4, 0.5) is 0 Å². The third kappa shape index (κ3) is 3.44. The topological polar surface area (TPSA) is 30.5 Å². The fourth-order valence-corrected chi connectivity index (χ4v) is 2.82. The molecule has 0 aromatic heterocycles. The fourth-order valence-electron chi connectivity index (χ4n) is 2.82. The Labute approximate surface area is 98.9 Å². The summed E-state index contributed by atoms with van der Waals surface area (Å²) in [5.41, 5.74) is 0. The van der Waals surface area contributed by atoms with E-state index >= 15 is 0 Å². The van der Waals surface area contributed by atoms with Crippen molar-refractivity contribution in [1.82, 2.24) is 5.32 Å². The molecule has 0 amide bonds. The van der Waals surface area contributed by atoms with Gasteiger partial charge in [0.2, 0.25) is 0 Å². The molecule has 16 heavy (non-hydrogen) atoms. The van der Waals surface area contributed by atoms with Crippen molar-refractivity contribution in [2.24, 2.45) is 5.92 Å². The molecule has 2 rings (SSSR count). The van der Waals surface area contributed by atoms with Crippen molar-refractivity contribution >= 4 is 0 Å². The Morgan fingerprint density at radius 3 is 2.88 bits per heavy atom. The summed E-state index contributed by atoms with van der Waals surface area (Å²) >= 11 is 0. The highest BCUT2D eigenvalue weighted by Gasteiger charge is 2.24. The Bertz CT molecular complexity index is 186. The molecule has 2 heterocycles. The van der Waals surface area contributed by atoms with Crippen LogP contribution in [0.5, 0.6) is 0 Å². The van der Waals surface area contributed by atoms with E-state index in [0.29, 0.717) is 12.1 Å². The maximum Gasteiger partial charge on any atom is 0.0588 e. The first-order valence-electron chi connectivity index (χ1n) is 6.83. The molecular formula is C13H25NO2. The zero-order chi connectivity index (χ0) is 11.2. The number of nitrogens with one attached hydrogen (secondary N) is 1. The lowest BCUT2D eigenvalue weighted by Crippen LogP contribution is -2.37. The van der Waals surface area contributed by atoms with E-state index in [2.05, 4.69) is 12.2 Å². The highest BCUT2D eigenvalue weighted by Crippen LogP contribution is 2.19. The molecule has 0 saturated carbocycles. The van der Waals surface area contributed by atoms with Gasteiger partial charge in [-0.3, -0.25) is 0 Å². The lowest BCUT2D eigenvalue weighted by Gasteiger charge is -2.23. The van der Waals surface area contributed by atoms with E-state index in [-0.39, 0.29) is 0 Å². The first kappa shape index (κ1) is 12.3. The van der Waals surface area contributed by atoms with Crippen LogP contribution >= 0.6 is 0 Å². The molecular weight excluding hydrogens is 202 g/mol. The van der Waals surface area contributed by atoms with Gasteiger partial charge in [-0.25, -0.2) is 0 Å². The monoisotopic (exact) mass is 227 g/mol. The molecule has 3 heteroatoms. The van der Waals surface area contributed by atoms with Crippen molar-refractivity contribution in [3.63, 3.8) is 0 Å². The standard InChI is InChI=1S/C13H25NO2/c1-2-13(11-6-9-15-10-11)14-7-5-12-4-3-8-16-12/h11-14H,2-10H2,1H3. The zero-order valence-corrected chi connectivity index (χ0v) is 10.4. The van der Waals surface area contributed by atoms with Gasteiger partial charge in [0.05, 0.1) is 12.7 Å². The molecule has 1 N–H and O–H groups in total. The summed E-state index contributed by atoms with van der Waals surface area (Å²) in [6.45, 7) is 6.24. The molecule has 94 valence electrons. The molecule has 3 unspecified atom stereocenters. The van der Waals surface area contributed by atoms with Crippen LogP contribution in [-0.2, 0) is 9.47 Å². The maximum atomic E-state index is 5.63. The zero-order valence-electron chi connectivity index (χ0n) is 10.4. The van der Waals surface area contributed by atoms with E-state index in [1.165, 1.54) is 32.1 Å². The Hall–Kier alpha value is -0.120. The van der Waals surface area contributed by atoms with E-state index in [4.69, 9.17) is 9.47 Å². The molecule has 3 nitrogen and oxygen atoms in total. The highest BCUT2D eigenvalue weighted by atomic mass is 16.5. The molecule has 3 atom stereocenters. The van der Waals surface area contributed by atoms with Crippen LogP contribution in [0.25, 0.3) is 0 Å². The van der Waals surface area contributed by atoms with Gasteiger partial charge in [0, 0.05) is 19.3 Å². The first-order chi connectivity index (χ1) is 7.90. The van der Waals surface area contributed by atoms with Crippen LogP contribution in [0.1, 0.15) is 39.0 Å². The Morgan fingerprint density at radius 2 is 2.25 bits per heavy atom. The number of hydrogen-bond donors (Lipinski definition) is 1. The third-order valence-electron chi connectivity index (χ3n) is 3.87. The SMILES string of the molecule is CCC(NCCC1CCCO1)C1CCOC1. The van der Waals surface area contributed by atoms with E-state index in [1.807, 2.05) is 0 Å². The summed E-state index contributed by atoms with van der Waals surface area (Å²) in [4.78, 5) is 0. The second-order valence-corrected chi connectivity index (χ2v) is 5.02. The maximum absolute atomic E-state index is 5.63. The molecule has 2 fully saturated rings. The summed E-state index contributed by atoms with van der Waals surface area (Å²) in [5.74, 6) is 0.731. The van der Waals surface area contributed by atoms with Crippen LogP contribution < -0.4 is 5.32 Å². The van der Waals surface area contributed by atoms with Crippen LogP contribution in [0, 0.1) is 5.92 Å². The summed E-state index contributed by atoms with van der Waals surface area (Å²) in [5, 5.41) is 3.68. The average Bonchev–Trinajstić information content (AvgIpc) is 2.96. The average molecular weight is 227 g/mol. The van der Waals surface area contributed by atoms with Gasteiger partial charge >= 0.3 is 0 Å². The molecule has 0 aromatic rings. The van der Waals surface area contributed by atoms with Crippen molar-refractivity contribution in [1.29, 1.82) is 0 Å². The Morgan fingerprint density at radius 1 is 1.31 bits per heavy atom.